The van der Waals surface area contributed by atoms with Crippen LogP contribution in [-0.2, 0) is 4.79 Å². The predicted molar refractivity (Wildman–Crippen MR) is 31.2 cm³/mol. The fraction of sp³-hybridized carbons (Fsp3) is 0.500. The van der Waals surface area contributed by atoms with Gasteiger partial charge in [-0.1, -0.05) is 0 Å². The second-order valence-electron chi connectivity index (χ2n) is 2.31. The number of halogens is 8. The lowest BCUT2D eigenvalue weighted by Gasteiger charge is -2.16. The maximum atomic E-state index is 12.0. The average molecular weight is 242 g/mol. The number of rotatable bonds is 2. The highest BCUT2D eigenvalue weighted by Crippen LogP contribution is 2.36. The third-order valence-electron chi connectivity index (χ3n) is 1.09. The highest BCUT2D eigenvalue weighted by molar-refractivity contribution is 5.96. The van der Waals surface area contributed by atoms with Crippen LogP contribution >= 0.6 is 0 Å². The van der Waals surface area contributed by atoms with E-state index < -0.39 is 36.2 Å². The number of alkyl halides is 8. The summed E-state index contributed by atoms with van der Waals surface area (Å²) in [5.41, 5.74) is 0. The summed E-state index contributed by atoms with van der Waals surface area (Å²) in [6.07, 6.45) is -13.2. The highest BCUT2D eigenvalue weighted by Gasteiger charge is 2.62. The summed E-state index contributed by atoms with van der Waals surface area (Å²) in [6.45, 7) is 0. The molecule has 0 aliphatic heterocycles. The SMILES string of the molecule is O=C(C=CC(F)(F)F)C(F)(F)C(F)(F)F. The van der Waals surface area contributed by atoms with Crippen LogP contribution in [0.5, 0.6) is 0 Å². The molecular weight excluding hydrogens is 240 g/mol. The van der Waals surface area contributed by atoms with Crippen LogP contribution in [0.3, 0.4) is 0 Å². The van der Waals surface area contributed by atoms with Gasteiger partial charge in [-0.05, 0) is 6.08 Å². The van der Waals surface area contributed by atoms with Crippen molar-refractivity contribution in [3.8, 4) is 0 Å². The van der Waals surface area contributed by atoms with Gasteiger partial charge in [-0.3, -0.25) is 4.79 Å². The molecule has 15 heavy (non-hydrogen) atoms. The van der Waals surface area contributed by atoms with Gasteiger partial charge in [-0.2, -0.15) is 35.1 Å². The molecule has 0 N–H and O–H groups in total. The van der Waals surface area contributed by atoms with E-state index in [4.69, 9.17) is 0 Å². The van der Waals surface area contributed by atoms with Crippen molar-refractivity contribution in [3.05, 3.63) is 12.2 Å². The van der Waals surface area contributed by atoms with Crippen LogP contribution in [0.25, 0.3) is 0 Å². The predicted octanol–water partition coefficient (Wildman–Crippen LogP) is 2.87. The number of hydrogen-bond acceptors (Lipinski definition) is 1. The number of allylic oxidation sites excluding steroid dienone is 2. The van der Waals surface area contributed by atoms with E-state index in [9.17, 15) is 39.9 Å². The Morgan fingerprint density at radius 1 is 0.867 bits per heavy atom. The van der Waals surface area contributed by atoms with E-state index in [-0.39, 0.29) is 0 Å². The summed E-state index contributed by atoms with van der Waals surface area (Å²) >= 11 is 0. The summed E-state index contributed by atoms with van der Waals surface area (Å²) in [5, 5.41) is 0. The molecule has 0 aromatic heterocycles. The monoisotopic (exact) mass is 242 g/mol. The Bertz CT molecular complexity index is 270. The zero-order valence-corrected chi connectivity index (χ0v) is 6.59. The van der Waals surface area contributed by atoms with Gasteiger partial charge in [0.1, 0.15) is 0 Å². The van der Waals surface area contributed by atoms with Gasteiger partial charge in [0.25, 0.3) is 0 Å². The molecule has 0 bridgehead atoms. The van der Waals surface area contributed by atoms with E-state index in [0.29, 0.717) is 0 Å². The van der Waals surface area contributed by atoms with E-state index in [1.54, 1.807) is 0 Å². The molecule has 0 amide bonds. The average Bonchev–Trinajstić information content (AvgIpc) is 1.96. The Labute approximate surface area is 77.4 Å². The van der Waals surface area contributed by atoms with Crippen molar-refractivity contribution in [2.45, 2.75) is 18.3 Å². The third kappa shape index (κ3) is 3.84. The molecule has 0 aromatic rings. The first-order valence-corrected chi connectivity index (χ1v) is 3.13. The van der Waals surface area contributed by atoms with E-state index in [1.165, 1.54) is 0 Å². The van der Waals surface area contributed by atoms with Crippen LogP contribution in [0.4, 0.5) is 35.1 Å². The van der Waals surface area contributed by atoms with Crippen molar-refractivity contribution in [1.82, 2.24) is 0 Å². The van der Waals surface area contributed by atoms with E-state index >= 15 is 0 Å². The largest absolute Gasteiger partial charge is 0.461 e. The van der Waals surface area contributed by atoms with Crippen LogP contribution in [0.1, 0.15) is 0 Å². The summed E-state index contributed by atoms with van der Waals surface area (Å²) in [6, 6.07) is 0. The molecule has 0 fully saturated rings. The summed E-state index contributed by atoms with van der Waals surface area (Å²) in [4.78, 5) is 10.1. The maximum absolute atomic E-state index is 12.0. The maximum Gasteiger partial charge on any atom is 0.461 e. The Kier molecular flexibility index (Phi) is 3.49. The molecule has 0 unspecified atom stereocenters. The van der Waals surface area contributed by atoms with E-state index in [1.807, 2.05) is 0 Å². The molecule has 0 saturated heterocycles. The second kappa shape index (κ2) is 3.78. The van der Waals surface area contributed by atoms with Gasteiger partial charge < -0.3 is 0 Å². The fourth-order valence-electron chi connectivity index (χ4n) is 0.415. The molecule has 0 rings (SSSR count). The van der Waals surface area contributed by atoms with Crippen molar-refractivity contribution in [2.24, 2.45) is 0 Å². The first-order valence-electron chi connectivity index (χ1n) is 3.13. The van der Waals surface area contributed by atoms with Gasteiger partial charge in [0.2, 0.25) is 5.78 Å². The lowest BCUT2D eigenvalue weighted by molar-refractivity contribution is -0.266. The zero-order valence-electron chi connectivity index (χ0n) is 6.59. The third-order valence-corrected chi connectivity index (χ3v) is 1.09. The molecule has 0 saturated carbocycles. The Hall–Kier alpha value is -1.15. The van der Waals surface area contributed by atoms with Crippen LogP contribution in [-0.4, -0.2) is 24.1 Å². The van der Waals surface area contributed by atoms with Gasteiger partial charge in [0.05, 0.1) is 0 Å². The first kappa shape index (κ1) is 13.8. The standard InChI is InChI=1S/C6H2F8O/c7-4(8,9)2-1-3(15)5(10,11)6(12,13)14/h1-2H. The molecule has 88 valence electrons. The van der Waals surface area contributed by atoms with Gasteiger partial charge >= 0.3 is 18.3 Å². The Balaban J connectivity index is 4.82. The lowest BCUT2D eigenvalue weighted by Crippen LogP contribution is -2.43. The van der Waals surface area contributed by atoms with Gasteiger partial charge in [0, 0.05) is 6.08 Å². The quantitative estimate of drug-likeness (QED) is 0.537. The van der Waals surface area contributed by atoms with Crippen LogP contribution in [0, 0.1) is 0 Å². The first-order chi connectivity index (χ1) is 6.38. The Morgan fingerprint density at radius 2 is 1.27 bits per heavy atom. The topological polar surface area (TPSA) is 17.1 Å². The van der Waals surface area contributed by atoms with Crippen molar-refractivity contribution in [2.75, 3.05) is 0 Å². The molecule has 0 atom stereocenters. The summed E-state index contributed by atoms with van der Waals surface area (Å²) in [5.74, 6) is -8.78. The second-order valence-corrected chi connectivity index (χ2v) is 2.31. The minimum absolute atomic E-state index is 0.854. The summed E-state index contributed by atoms with van der Waals surface area (Å²) in [7, 11) is 0. The van der Waals surface area contributed by atoms with E-state index in [0.717, 1.165) is 0 Å². The van der Waals surface area contributed by atoms with E-state index in [2.05, 4.69) is 0 Å². The molecule has 0 aromatic carbocycles. The molecular formula is C6H2F8O. The number of ketones is 1. The highest BCUT2D eigenvalue weighted by atomic mass is 19.4. The molecule has 0 heterocycles. The molecule has 0 spiro atoms. The number of hydrogen-bond donors (Lipinski definition) is 0. The van der Waals surface area contributed by atoms with Crippen molar-refractivity contribution < 1.29 is 39.9 Å². The minimum atomic E-state index is -6.21. The number of carbonyl (C=O) groups excluding carboxylic acids is 1. The fourth-order valence-corrected chi connectivity index (χ4v) is 0.415. The summed E-state index contributed by atoms with van der Waals surface area (Å²) < 4.78 is 92.3. The van der Waals surface area contributed by atoms with Crippen molar-refractivity contribution >= 4 is 5.78 Å². The van der Waals surface area contributed by atoms with Gasteiger partial charge in [0.15, 0.2) is 0 Å². The normalized spacial score (nSPS) is 14.7. The molecule has 0 radical (unpaired) electrons. The number of carbonyl (C=O) groups is 1. The van der Waals surface area contributed by atoms with Gasteiger partial charge in [-0.15, -0.1) is 0 Å². The molecule has 0 aliphatic rings. The van der Waals surface area contributed by atoms with Crippen LogP contribution in [0.2, 0.25) is 0 Å². The molecule has 0 aliphatic carbocycles. The smallest absolute Gasteiger partial charge is 0.288 e. The van der Waals surface area contributed by atoms with Crippen molar-refractivity contribution in [3.63, 3.8) is 0 Å². The minimum Gasteiger partial charge on any atom is -0.288 e. The zero-order chi connectivity index (χ0) is 12.5. The Morgan fingerprint density at radius 3 is 1.53 bits per heavy atom. The lowest BCUT2D eigenvalue weighted by atomic mass is 10.2. The van der Waals surface area contributed by atoms with Crippen LogP contribution in [0.15, 0.2) is 12.2 Å². The van der Waals surface area contributed by atoms with Crippen molar-refractivity contribution in [1.29, 1.82) is 0 Å². The van der Waals surface area contributed by atoms with Crippen LogP contribution < -0.4 is 0 Å². The molecule has 1 nitrogen and oxygen atoms in total. The molecule has 9 heteroatoms. The van der Waals surface area contributed by atoms with Gasteiger partial charge in [-0.25, -0.2) is 0 Å².